The van der Waals surface area contributed by atoms with E-state index in [4.69, 9.17) is 11.6 Å². The smallest absolute Gasteiger partial charge is 0.264 e. The Bertz CT molecular complexity index is 1720. The summed E-state index contributed by atoms with van der Waals surface area (Å²) >= 11 is 6.45. The number of aryl methyl sites for hydroxylation is 2. The first kappa shape index (κ1) is 33.7. The first-order chi connectivity index (χ1) is 21.2. The van der Waals surface area contributed by atoms with Crippen molar-refractivity contribution in [2.24, 2.45) is 0 Å². The Hall–Kier alpha value is -4.14. The number of nitrogens with zero attached hydrogens (tertiary/aromatic N) is 2. The second-order valence-corrected chi connectivity index (χ2v) is 14.5. The van der Waals surface area contributed by atoms with E-state index >= 15 is 0 Å². The molecule has 0 saturated carbocycles. The van der Waals surface area contributed by atoms with E-state index in [1.165, 1.54) is 17.0 Å². The topological polar surface area (TPSA) is 86.8 Å². The molecule has 0 saturated heterocycles. The van der Waals surface area contributed by atoms with Gasteiger partial charge in [0.2, 0.25) is 11.8 Å². The van der Waals surface area contributed by atoms with Crippen LogP contribution in [0.4, 0.5) is 5.69 Å². The van der Waals surface area contributed by atoms with Gasteiger partial charge in [-0.2, -0.15) is 0 Å². The highest BCUT2D eigenvalue weighted by atomic mass is 35.5. The maximum absolute atomic E-state index is 14.5. The quantitative estimate of drug-likeness (QED) is 0.197. The van der Waals surface area contributed by atoms with E-state index in [0.717, 1.165) is 26.6 Å². The number of anilines is 1. The molecular formula is C36H40ClN3O4S. The predicted octanol–water partition coefficient (Wildman–Crippen LogP) is 6.71. The molecular weight excluding hydrogens is 606 g/mol. The second-order valence-electron chi connectivity index (χ2n) is 12.2. The minimum absolute atomic E-state index is 0.0332. The van der Waals surface area contributed by atoms with Gasteiger partial charge in [-0.1, -0.05) is 96.0 Å². The molecule has 0 aliphatic rings. The number of amides is 2. The number of carbonyl (C=O) groups excluding carboxylic acids is 2. The molecule has 4 aromatic rings. The molecule has 0 aliphatic heterocycles. The van der Waals surface area contributed by atoms with Crippen molar-refractivity contribution in [3.63, 3.8) is 0 Å². The van der Waals surface area contributed by atoms with Crippen molar-refractivity contribution in [3.8, 4) is 0 Å². The Labute approximate surface area is 271 Å². The number of hydrogen-bond donors (Lipinski definition) is 1. The van der Waals surface area contributed by atoms with Gasteiger partial charge in [0.1, 0.15) is 12.6 Å². The molecule has 45 heavy (non-hydrogen) atoms. The first-order valence-corrected chi connectivity index (χ1v) is 16.6. The van der Waals surface area contributed by atoms with Gasteiger partial charge in [0.25, 0.3) is 10.0 Å². The summed E-state index contributed by atoms with van der Waals surface area (Å²) < 4.78 is 29.3. The largest absolute Gasteiger partial charge is 0.350 e. The van der Waals surface area contributed by atoms with Gasteiger partial charge >= 0.3 is 0 Å². The van der Waals surface area contributed by atoms with E-state index in [-0.39, 0.29) is 29.5 Å². The fourth-order valence-electron chi connectivity index (χ4n) is 4.88. The fraction of sp³-hybridized carbons (Fsp3) is 0.278. The summed E-state index contributed by atoms with van der Waals surface area (Å²) in [7, 11) is -4.20. The molecule has 4 aromatic carbocycles. The maximum atomic E-state index is 14.5. The zero-order chi connectivity index (χ0) is 32.8. The lowest BCUT2D eigenvalue weighted by Crippen LogP contribution is -2.56. The van der Waals surface area contributed by atoms with Crippen LogP contribution in [0.3, 0.4) is 0 Å². The van der Waals surface area contributed by atoms with Crippen LogP contribution in [-0.4, -0.2) is 43.3 Å². The van der Waals surface area contributed by atoms with Crippen LogP contribution in [0.5, 0.6) is 0 Å². The standard InChI is InChI=1S/C36H40ClN3O4S/c1-26-16-19-29(20-17-26)24-39(33(35(42)38-36(3,4)5)22-28-12-8-6-9-13-28)34(41)25-40(30-21-18-27(2)32(37)23-30)45(43,44)31-14-10-7-11-15-31/h6-21,23,33H,22,24-25H2,1-5H3,(H,38,42)/t33-/m1/s1. The van der Waals surface area contributed by atoms with Crippen LogP contribution in [0.2, 0.25) is 5.02 Å². The van der Waals surface area contributed by atoms with E-state index in [9.17, 15) is 18.0 Å². The number of hydrogen-bond acceptors (Lipinski definition) is 4. The van der Waals surface area contributed by atoms with E-state index in [0.29, 0.717) is 5.02 Å². The van der Waals surface area contributed by atoms with Crippen molar-refractivity contribution in [1.29, 1.82) is 0 Å². The Balaban J connectivity index is 1.82. The third-order valence-corrected chi connectivity index (χ3v) is 9.49. The zero-order valence-electron chi connectivity index (χ0n) is 26.3. The lowest BCUT2D eigenvalue weighted by molar-refractivity contribution is -0.140. The summed E-state index contributed by atoms with van der Waals surface area (Å²) in [6.45, 7) is 8.99. The molecule has 0 fully saturated rings. The minimum Gasteiger partial charge on any atom is -0.350 e. The molecule has 236 valence electrons. The third-order valence-electron chi connectivity index (χ3n) is 7.30. The normalized spacial score (nSPS) is 12.3. The van der Waals surface area contributed by atoms with E-state index < -0.39 is 34.1 Å². The number of nitrogens with one attached hydrogen (secondary N) is 1. The highest BCUT2D eigenvalue weighted by Crippen LogP contribution is 2.29. The molecule has 1 N–H and O–H groups in total. The molecule has 0 bridgehead atoms. The highest BCUT2D eigenvalue weighted by Gasteiger charge is 2.35. The van der Waals surface area contributed by atoms with Crippen LogP contribution in [0.1, 0.15) is 43.0 Å². The van der Waals surface area contributed by atoms with E-state index in [1.54, 1.807) is 36.4 Å². The van der Waals surface area contributed by atoms with Gasteiger partial charge in [0.05, 0.1) is 10.6 Å². The molecule has 0 unspecified atom stereocenters. The summed E-state index contributed by atoms with van der Waals surface area (Å²) in [6, 6.07) is 29.1. The molecule has 0 radical (unpaired) electrons. The molecule has 7 nitrogen and oxygen atoms in total. The van der Waals surface area contributed by atoms with Crippen LogP contribution in [-0.2, 0) is 32.6 Å². The van der Waals surface area contributed by atoms with Crippen molar-refractivity contribution in [2.75, 3.05) is 10.8 Å². The summed E-state index contributed by atoms with van der Waals surface area (Å²) in [5, 5.41) is 3.41. The third kappa shape index (κ3) is 8.96. The van der Waals surface area contributed by atoms with Gasteiger partial charge in [-0.25, -0.2) is 8.42 Å². The van der Waals surface area contributed by atoms with Gasteiger partial charge in [-0.05, 0) is 75.6 Å². The molecule has 0 aliphatic carbocycles. The minimum atomic E-state index is -4.20. The average molecular weight is 646 g/mol. The van der Waals surface area contributed by atoms with Gasteiger partial charge < -0.3 is 10.2 Å². The monoisotopic (exact) mass is 645 g/mol. The maximum Gasteiger partial charge on any atom is 0.264 e. The van der Waals surface area contributed by atoms with Crippen LogP contribution in [0.25, 0.3) is 0 Å². The molecule has 1 atom stereocenters. The average Bonchev–Trinajstić information content (AvgIpc) is 3.00. The molecule has 0 heterocycles. The molecule has 0 aromatic heterocycles. The van der Waals surface area contributed by atoms with Crippen molar-refractivity contribution < 1.29 is 18.0 Å². The van der Waals surface area contributed by atoms with Crippen molar-refractivity contribution >= 4 is 39.1 Å². The van der Waals surface area contributed by atoms with E-state index in [2.05, 4.69) is 5.32 Å². The number of sulfonamides is 1. The molecule has 4 rings (SSSR count). The number of carbonyl (C=O) groups is 2. The lowest BCUT2D eigenvalue weighted by Gasteiger charge is -2.35. The molecule has 2 amide bonds. The van der Waals surface area contributed by atoms with E-state index in [1.807, 2.05) is 89.2 Å². The molecule has 9 heteroatoms. The van der Waals surface area contributed by atoms with Crippen LogP contribution < -0.4 is 9.62 Å². The van der Waals surface area contributed by atoms with Crippen LogP contribution >= 0.6 is 11.6 Å². The molecule has 0 spiro atoms. The summed E-state index contributed by atoms with van der Waals surface area (Å²) in [6.07, 6.45) is 0.238. The summed E-state index contributed by atoms with van der Waals surface area (Å²) in [5.41, 5.74) is 3.19. The Morgan fingerprint density at radius 3 is 2.00 bits per heavy atom. The Morgan fingerprint density at radius 2 is 1.42 bits per heavy atom. The SMILES string of the molecule is Cc1ccc(CN(C(=O)CN(c2ccc(C)c(Cl)c2)S(=O)(=O)c2ccccc2)[C@H](Cc2ccccc2)C(=O)NC(C)(C)C)cc1. The zero-order valence-corrected chi connectivity index (χ0v) is 27.9. The summed E-state index contributed by atoms with van der Waals surface area (Å²) in [4.78, 5) is 30.0. The van der Waals surface area contributed by atoms with Crippen LogP contribution in [0, 0.1) is 13.8 Å². The van der Waals surface area contributed by atoms with Crippen molar-refractivity contribution in [2.45, 2.75) is 64.1 Å². The lowest BCUT2D eigenvalue weighted by atomic mass is 10.0. The number of rotatable bonds is 11. The van der Waals surface area contributed by atoms with Gasteiger partial charge in [0.15, 0.2) is 0 Å². The Morgan fingerprint density at radius 1 is 0.822 bits per heavy atom. The predicted molar refractivity (Wildman–Crippen MR) is 181 cm³/mol. The second kappa shape index (κ2) is 14.3. The fourth-order valence-corrected chi connectivity index (χ4v) is 6.48. The van der Waals surface area contributed by atoms with Crippen molar-refractivity contribution in [1.82, 2.24) is 10.2 Å². The summed E-state index contributed by atoms with van der Waals surface area (Å²) in [5.74, 6) is -0.862. The number of benzene rings is 4. The highest BCUT2D eigenvalue weighted by molar-refractivity contribution is 7.92. The van der Waals surface area contributed by atoms with Crippen LogP contribution in [0.15, 0.2) is 108 Å². The van der Waals surface area contributed by atoms with Gasteiger partial charge in [-0.3, -0.25) is 13.9 Å². The first-order valence-electron chi connectivity index (χ1n) is 14.8. The van der Waals surface area contributed by atoms with Gasteiger partial charge in [0, 0.05) is 23.5 Å². The van der Waals surface area contributed by atoms with Gasteiger partial charge in [-0.15, -0.1) is 0 Å². The van der Waals surface area contributed by atoms with Crippen molar-refractivity contribution in [3.05, 3.63) is 130 Å². The Kier molecular flexibility index (Phi) is 10.7. The number of halogens is 1.